The summed E-state index contributed by atoms with van der Waals surface area (Å²) >= 11 is 0. The van der Waals surface area contributed by atoms with Gasteiger partial charge >= 0.3 is 0 Å². The predicted molar refractivity (Wildman–Crippen MR) is 87.7 cm³/mol. The molecule has 2 heterocycles. The summed E-state index contributed by atoms with van der Waals surface area (Å²) in [6.45, 7) is 2.35. The Bertz CT molecular complexity index is 837. The van der Waals surface area contributed by atoms with Crippen molar-refractivity contribution in [3.63, 3.8) is 0 Å². The molecule has 6 nitrogen and oxygen atoms in total. The summed E-state index contributed by atoms with van der Waals surface area (Å²) in [6.07, 6.45) is 3.94. The SMILES string of the molecule is CCc1[nH]ncc1C(=O)N(C)Cc1cn[nH]c1-c1ccc(F)cc1. The monoisotopic (exact) mass is 327 g/mol. The number of H-pyrrole nitrogens is 2. The van der Waals surface area contributed by atoms with E-state index in [4.69, 9.17) is 0 Å². The number of hydrogen-bond donors (Lipinski definition) is 2. The van der Waals surface area contributed by atoms with Crippen molar-refractivity contribution in [1.82, 2.24) is 25.3 Å². The average Bonchev–Trinajstić information content (AvgIpc) is 3.23. The molecule has 0 aliphatic rings. The van der Waals surface area contributed by atoms with Gasteiger partial charge in [0.25, 0.3) is 5.91 Å². The highest BCUT2D eigenvalue weighted by Crippen LogP contribution is 2.23. The number of benzene rings is 1. The van der Waals surface area contributed by atoms with E-state index in [1.54, 1.807) is 36.5 Å². The van der Waals surface area contributed by atoms with Gasteiger partial charge in [0, 0.05) is 30.4 Å². The van der Waals surface area contributed by atoms with Gasteiger partial charge in [-0.3, -0.25) is 15.0 Å². The Labute approximate surface area is 138 Å². The third-order valence-corrected chi connectivity index (χ3v) is 3.91. The Hall–Kier alpha value is -2.96. The van der Waals surface area contributed by atoms with E-state index in [-0.39, 0.29) is 11.7 Å². The van der Waals surface area contributed by atoms with Gasteiger partial charge in [-0.1, -0.05) is 6.92 Å². The molecular formula is C17H18FN5O. The molecule has 124 valence electrons. The molecule has 1 aromatic carbocycles. The van der Waals surface area contributed by atoms with Gasteiger partial charge in [-0.2, -0.15) is 10.2 Å². The number of carbonyl (C=O) groups is 1. The zero-order chi connectivity index (χ0) is 17.1. The van der Waals surface area contributed by atoms with Gasteiger partial charge in [-0.05, 0) is 30.7 Å². The number of rotatable bonds is 5. The van der Waals surface area contributed by atoms with Crippen LogP contribution in [-0.4, -0.2) is 38.2 Å². The summed E-state index contributed by atoms with van der Waals surface area (Å²) in [6, 6.07) is 6.15. The molecule has 0 radical (unpaired) electrons. The van der Waals surface area contributed by atoms with Gasteiger partial charge in [0.1, 0.15) is 5.82 Å². The lowest BCUT2D eigenvalue weighted by molar-refractivity contribution is 0.0784. The number of aromatic nitrogens is 4. The maximum atomic E-state index is 13.1. The first-order chi connectivity index (χ1) is 11.6. The number of amides is 1. The largest absolute Gasteiger partial charge is 0.337 e. The number of aryl methyl sites for hydroxylation is 1. The topological polar surface area (TPSA) is 77.7 Å². The second-order valence-electron chi connectivity index (χ2n) is 5.55. The molecule has 0 atom stereocenters. The van der Waals surface area contributed by atoms with Crippen LogP contribution >= 0.6 is 0 Å². The Morgan fingerprint density at radius 3 is 2.58 bits per heavy atom. The lowest BCUT2D eigenvalue weighted by Gasteiger charge is -2.17. The van der Waals surface area contributed by atoms with Crippen LogP contribution in [0.3, 0.4) is 0 Å². The first-order valence-electron chi connectivity index (χ1n) is 7.66. The van der Waals surface area contributed by atoms with E-state index in [1.807, 2.05) is 6.92 Å². The summed E-state index contributed by atoms with van der Waals surface area (Å²) in [5.74, 6) is -0.397. The number of hydrogen-bond acceptors (Lipinski definition) is 3. The summed E-state index contributed by atoms with van der Waals surface area (Å²) < 4.78 is 13.1. The summed E-state index contributed by atoms with van der Waals surface area (Å²) in [7, 11) is 1.73. The van der Waals surface area contributed by atoms with E-state index >= 15 is 0 Å². The van der Waals surface area contributed by atoms with Crippen LogP contribution in [0.5, 0.6) is 0 Å². The summed E-state index contributed by atoms with van der Waals surface area (Å²) in [5, 5.41) is 13.8. The normalized spacial score (nSPS) is 10.8. The second-order valence-corrected chi connectivity index (χ2v) is 5.55. The van der Waals surface area contributed by atoms with Crippen molar-refractivity contribution in [2.24, 2.45) is 0 Å². The second kappa shape index (κ2) is 6.66. The molecule has 0 saturated carbocycles. The minimum Gasteiger partial charge on any atom is -0.337 e. The molecule has 0 unspecified atom stereocenters. The smallest absolute Gasteiger partial charge is 0.257 e. The lowest BCUT2D eigenvalue weighted by Crippen LogP contribution is -2.26. The predicted octanol–water partition coefficient (Wildman–Crippen LogP) is 2.77. The fraction of sp³-hybridized carbons (Fsp3) is 0.235. The highest BCUT2D eigenvalue weighted by molar-refractivity contribution is 5.95. The van der Waals surface area contributed by atoms with Crippen molar-refractivity contribution < 1.29 is 9.18 Å². The molecule has 0 bridgehead atoms. The van der Waals surface area contributed by atoms with Crippen LogP contribution in [0.4, 0.5) is 4.39 Å². The summed E-state index contributed by atoms with van der Waals surface area (Å²) in [5.41, 5.74) is 3.85. The van der Waals surface area contributed by atoms with Crippen LogP contribution in [0.1, 0.15) is 28.5 Å². The van der Waals surface area contributed by atoms with Gasteiger partial charge in [-0.25, -0.2) is 4.39 Å². The zero-order valence-electron chi connectivity index (χ0n) is 13.5. The van der Waals surface area contributed by atoms with Gasteiger partial charge in [0.15, 0.2) is 0 Å². The van der Waals surface area contributed by atoms with Crippen molar-refractivity contribution in [2.45, 2.75) is 19.9 Å². The van der Waals surface area contributed by atoms with Crippen molar-refractivity contribution in [3.05, 3.63) is 59.3 Å². The minimum absolute atomic E-state index is 0.105. The van der Waals surface area contributed by atoms with E-state index in [0.717, 1.165) is 22.5 Å². The molecular weight excluding hydrogens is 309 g/mol. The molecule has 0 aliphatic heterocycles. The molecule has 2 aromatic heterocycles. The van der Waals surface area contributed by atoms with Crippen LogP contribution < -0.4 is 0 Å². The molecule has 7 heteroatoms. The number of nitrogens with zero attached hydrogens (tertiary/aromatic N) is 3. The van der Waals surface area contributed by atoms with Gasteiger partial charge in [-0.15, -0.1) is 0 Å². The van der Waals surface area contributed by atoms with E-state index in [9.17, 15) is 9.18 Å². The maximum absolute atomic E-state index is 13.1. The summed E-state index contributed by atoms with van der Waals surface area (Å²) in [4.78, 5) is 14.2. The Balaban J connectivity index is 1.80. The van der Waals surface area contributed by atoms with E-state index in [1.165, 1.54) is 12.1 Å². The lowest BCUT2D eigenvalue weighted by atomic mass is 10.1. The molecule has 2 N–H and O–H groups in total. The Morgan fingerprint density at radius 1 is 1.17 bits per heavy atom. The molecule has 24 heavy (non-hydrogen) atoms. The molecule has 3 aromatic rings. The van der Waals surface area contributed by atoms with Crippen molar-refractivity contribution in [2.75, 3.05) is 7.05 Å². The first kappa shape index (κ1) is 15.9. The molecule has 3 rings (SSSR count). The standard InChI is InChI=1S/C17H18FN5O/c1-3-15-14(9-20-21-15)17(24)23(2)10-12-8-19-22-16(12)11-4-6-13(18)7-5-11/h4-9H,3,10H2,1-2H3,(H,19,22)(H,20,21). The Kier molecular flexibility index (Phi) is 4.41. The third kappa shape index (κ3) is 3.05. The van der Waals surface area contributed by atoms with Gasteiger partial charge in [0.05, 0.1) is 23.7 Å². The molecule has 0 spiro atoms. The number of halogens is 1. The Morgan fingerprint density at radius 2 is 1.88 bits per heavy atom. The van der Waals surface area contributed by atoms with Gasteiger partial charge < -0.3 is 4.90 Å². The first-order valence-corrected chi connectivity index (χ1v) is 7.66. The molecule has 0 saturated heterocycles. The maximum Gasteiger partial charge on any atom is 0.257 e. The molecule has 0 aliphatic carbocycles. The average molecular weight is 327 g/mol. The van der Waals surface area contributed by atoms with E-state index in [0.29, 0.717) is 18.5 Å². The van der Waals surface area contributed by atoms with Crippen LogP contribution in [-0.2, 0) is 13.0 Å². The number of aromatic amines is 2. The van der Waals surface area contributed by atoms with Crippen molar-refractivity contribution in [3.8, 4) is 11.3 Å². The highest BCUT2D eigenvalue weighted by atomic mass is 19.1. The fourth-order valence-corrected chi connectivity index (χ4v) is 2.60. The van der Waals surface area contributed by atoms with Crippen LogP contribution in [0.2, 0.25) is 0 Å². The zero-order valence-corrected chi connectivity index (χ0v) is 13.5. The van der Waals surface area contributed by atoms with E-state index in [2.05, 4.69) is 20.4 Å². The number of nitrogens with one attached hydrogen (secondary N) is 2. The van der Waals surface area contributed by atoms with Crippen molar-refractivity contribution in [1.29, 1.82) is 0 Å². The molecule has 1 amide bonds. The van der Waals surface area contributed by atoms with Crippen LogP contribution in [0.15, 0.2) is 36.7 Å². The third-order valence-electron chi connectivity index (χ3n) is 3.91. The highest BCUT2D eigenvalue weighted by Gasteiger charge is 2.19. The van der Waals surface area contributed by atoms with Crippen LogP contribution in [0, 0.1) is 5.82 Å². The van der Waals surface area contributed by atoms with Crippen LogP contribution in [0.25, 0.3) is 11.3 Å². The quantitative estimate of drug-likeness (QED) is 0.756. The van der Waals surface area contributed by atoms with E-state index < -0.39 is 0 Å². The molecule has 0 fully saturated rings. The fourth-order valence-electron chi connectivity index (χ4n) is 2.60. The van der Waals surface area contributed by atoms with Gasteiger partial charge in [0.2, 0.25) is 0 Å². The minimum atomic E-state index is -0.292. The van der Waals surface area contributed by atoms with Crippen molar-refractivity contribution >= 4 is 5.91 Å². The number of carbonyl (C=O) groups excluding carboxylic acids is 1.